The highest BCUT2D eigenvalue weighted by Crippen LogP contribution is 2.32. The van der Waals surface area contributed by atoms with Crippen LogP contribution in [0, 0.1) is 11.3 Å². The second-order valence-electron chi connectivity index (χ2n) is 7.42. The fourth-order valence-electron chi connectivity index (χ4n) is 3.70. The monoisotopic (exact) mass is 483 g/mol. The zero-order valence-electron chi connectivity index (χ0n) is 19.5. The van der Waals surface area contributed by atoms with E-state index >= 15 is 0 Å². The molecule has 1 aliphatic heterocycles. The summed E-state index contributed by atoms with van der Waals surface area (Å²) in [6, 6.07) is 11.2. The second-order valence-corrected chi connectivity index (χ2v) is 7.42. The number of halogens is 3. The number of carbonyl (C=O) groups excluding carboxylic acids is 2. The summed E-state index contributed by atoms with van der Waals surface area (Å²) in [5.41, 5.74) is 1.28. The quantitative estimate of drug-likeness (QED) is 0.547. The van der Waals surface area contributed by atoms with Crippen molar-refractivity contribution in [1.29, 1.82) is 5.26 Å². The van der Waals surface area contributed by atoms with Gasteiger partial charge in [0.05, 0.1) is 35.6 Å². The van der Waals surface area contributed by atoms with Gasteiger partial charge in [-0.25, -0.2) is 0 Å². The molecule has 0 atom stereocenters. The largest absolute Gasteiger partial charge is 0.416 e. The zero-order valence-corrected chi connectivity index (χ0v) is 19.5. The molecule has 3 aromatic rings. The Hall–Kier alpha value is -4.13. The van der Waals surface area contributed by atoms with Gasteiger partial charge < -0.3 is 10.2 Å². The standard InChI is InChI=1S/C23H18F3N5O2.C2H6/c1-2-14-3-4-15(11-16(14)12-27)21(32)29-19-13-28-31-10-9-30(22(33)20(19)31)18-7-5-17(6-8-18)23(24,25)26;1-2/h3-8,11,13H,2,9-10H2,1H3,(H,29,32);1-2H3. The summed E-state index contributed by atoms with van der Waals surface area (Å²) in [6.45, 7) is 6.43. The van der Waals surface area contributed by atoms with Crippen LogP contribution in [0.5, 0.6) is 0 Å². The van der Waals surface area contributed by atoms with E-state index in [-0.39, 0.29) is 23.5 Å². The Bertz CT molecular complexity index is 1270. The molecule has 35 heavy (non-hydrogen) atoms. The second kappa shape index (κ2) is 10.4. The molecule has 0 spiro atoms. The van der Waals surface area contributed by atoms with E-state index in [9.17, 15) is 28.0 Å². The molecule has 0 fully saturated rings. The predicted molar refractivity (Wildman–Crippen MR) is 125 cm³/mol. The van der Waals surface area contributed by atoms with Gasteiger partial charge in [0, 0.05) is 17.8 Å². The molecule has 4 rings (SSSR count). The molecule has 182 valence electrons. The first-order valence-corrected chi connectivity index (χ1v) is 11.1. The van der Waals surface area contributed by atoms with Crippen LogP contribution in [0.4, 0.5) is 24.5 Å². The molecular formula is C25H24F3N5O2. The lowest BCUT2D eigenvalue weighted by molar-refractivity contribution is -0.137. The van der Waals surface area contributed by atoms with Gasteiger partial charge in [-0.2, -0.15) is 23.5 Å². The SMILES string of the molecule is CC.CCc1ccc(C(=O)Nc2cnn3c2C(=O)N(c2ccc(C(F)(F)F)cc2)CC3)cc1C#N. The summed E-state index contributed by atoms with van der Waals surface area (Å²) in [6.07, 6.45) is -2.47. The number of nitrogens with zero attached hydrogens (tertiary/aromatic N) is 4. The first kappa shape index (κ1) is 25.5. The van der Waals surface area contributed by atoms with Crippen molar-refractivity contribution in [1.82, 2.24) is 9.78 Å². The third-order valence-corrected chi connectivity index (χ3v) is 5.45. The lowest BCUT2D eigenvalue weighted by atomic mass is 10.0. The molecule has 0 radical (unpaired) electrons. The highest BCUT2D eigenvalue weighted by molar-refractivity contribution is 6.13. The van der Waals surface area contributed by atoms with E-state index in [1.807, 2.05) is 20.8 Å². The lowest BCUT2D eigenvalue weighted by Gasteiger charge is -2.28. The van der Waals surface area contributed by atoms with E-state index in [0.29, 0.717) is 24.2 Å². The molecule has 0 bridgehead atoms. The molecule has 10 heteroatoms. The van der Waals surface area contributed by atoms with E-state index in [0.717, 1.165) is 17.7 Å². The number of alkyl halides is 3. The Morgan fingerprint density at radius 2 is 1.83 bits per heavy atom. The molecule has 0 aliphatic carbocycles. The Labute approximate surface area is 200 Å². The Morgan fingerprint density at radius 1 is 1.14 bits per heavy atom. The summed E-state index contributed by atoms with van der Waals surface area (Å²) >= 11 is 0. The van der Waals surface area contributed by atoms with Gasteiger partial charge in [0.2, 0.25) is 0 Å². The average molecular weight is 483 g/mol. The van der Waals surface area contributed by atoms with Gasteiger partial charge in [0.15, 0.2) is 0 Å². The number of hydrogen-bond acceptors (Lipinski definition) is 4. The smallest absolute Gasteiger partial charge is 0.319 e. The highest BCUT2D eigenvalue weighted by atomic mass is 19.4. The highest BCUT2D eigenvalue weighted by Gasteiger charge is 2.33. The maximum Gasteiger partial charge on any atom is 0.416 e. The van der Waals surface area contributed by atoms with Crippen LogP contribution in [0.15, 0.2) is 48.7 Å². The van der Waals surface area contributed by atoms with E-state index in [2.05, 4.69) is 16.5 Å². The number of rotatable bonds is 4. The van der Waals surface area contributed by atoms with Gasteiger partial charge >= 0.3 is 6.18 Å². The normalized spacial score (nSPS) is 12.8. The number of carbonyl (C=O) groups is 2. The summed E-state index contributed by atoms with van der Waals surface area (Å²) in [5, 5.41) is 16.1. The van der Waals surface area contributed by atoms with Crippen LogP contribution in [0.2, 0.25) is 0 Å². The lowest BCUT2D eigenvalue weighted by Crippen LogP contribution is -2.41. The maximum atomic E-state index is 13.1. The summed E-state index contributed by atoms with van der Waals surface area (Å²) in [7, 11) is 0. The minimum absolute atomic E-state index is 0.125. The van der Waals surface area contributed by atoms with Gasteiger partial charge in [-0.3, -0.25) is 14.3 Å². The molecule has 0 unspecified atom stereocenters. The number of nitrogens with one attached hydrogen (secondary N) is 1. The van der Waals surface area contributed by atoms with E-state index in [1.54, 1.807) is 12.1 Å². The van der Waals surface area contributed by atoms with Crippen LogP contribution in [0.3, 0.4) is 0 Å². The molecule has 1 aromatic heterocycles. The van der Waals surface area contributed by atoms with Gasteiger partial charge in [-0.05, 0) is 48.4 Å². The van der Waals surface area contributed by atoms with Gasteiger partial charge in [0.1, 0.15) is 5.69 Å². The number of benzene rings is 2. The van der Waals surface area contributed by atoms with Crippen molar-refractivity contribution in [2.75, 3.05) is 16.8 Å². The predicted octanol–water partition coefficient (Wildman–Crippen LogP) is 5.27. The Morgan fingerprint density at radius 3 is 2.43 bits per heavy atom. The number of anilines is 2. The number of amides is 2. The fraction of sp³-hybridized carbons (Fsp3) is 0.280. The molecule has 2 amide bonds. The minimum Gasteiger partial charge on any atom is -0.319 e. The van der Waals surface area contributed by atoms with Gasteiger partial charge in [0.25, 0.3) is 11.8 Å². The van der Waals surface area contributed by atoms with E-state index in [4.69, 9.17) is 0 Å². The summed E-state index contributed by atoms with van der Waals surface area (Å²) < 4.78 is 40.0. The first-order chi connectivity index (χ1) is 16.7. The van der Waals surface area contributed by atoms with E-state index in [1.165, 1.54) is 34.0 Å². The molecule has 1 N–H and O–H groups in total. The number of hydrogen-bond donors (Lipinski definition) is 1. The molecule has 0 saturated heterocycles. The van der Waals surface area contributed by atoms with Crippen LogP contribution in [-0.4, -0.2) is 28.1 Å². The van der Waals surface area contributed by atoms with Crippen molar-refractivity contribution in [2.24, 2.45) is 0 Å². The Balaban J connectivity index is 0.00000167. The summed E-state index contributed by atoms with van der Waals surface area (Å²) in [4.78, 5) is 27.2. The molecule has 0 saturated carbocycles. The van der Waals surface area contributed by atoms with Crippen LogP contribution >= 0.6 is 0 Å². The van der Waals surface area contributed by atoms with Gasteiger partial charge in [-0.15, -0.1) is 0 Å². The summed E-state index contributed by atoms with van der Waals surface area (Å²) in [5.74, 6) is -1.00. The van der Waals surface area contributed by atoms with Crippen LogP contribution in [-0.2, 0) is 19.1 Å². The fourth-order valence-corrected chi connectivity index (χ4v) is 3.70. The third kappa shape index (κ3) is 5.19. The van der Waals surface area contributed by atoms with E-state index < -0.39 is 23.6 Å². The number of nitriles is 1. The molecule has 2 heterocycles. The first-order valence-electron chi connectivity index (χ1n) is 11.1. The number of aryl methyl sites for hydroxylation is 1. The van der Waals surface area contributed by atoms with Crippen LogP contribution in [0.25, 0.3) is 0 Å². The topological polar surface area (TPSA) is 91.0 Å². The van der Waals surface area contributed by atoms with Crippen molar-refractivity contribution < 1.29 is 22.8 Å². The molecule has 1 aliphatic rings. The van der Waals surface area contributed by atoms with Crippen LogP contribution in [0.1, 0.15) is 58.3 Å². The Kier molecular flexibility index (Phi) is 7.59. The van der Waals surface area contributed by atoms with Crippen molar-refractivity contribution >= 4 is 23.2 Å². The minimum atomic E-state index is -4.47. The van der Waals surface area contributed by atoms with Crippen molar-refractivity contribution in [3.05, 3.63) is 76.6 Å². The van der Waals surface area contributed by atoms with Crippen molar-refractivity contribution in [3.63, 3.8) is 0 Å². The van der Waals surface area contributed by atoms with Gasteiger partial charge in [-0.1, -0.05) is 26.8 Å². The third-order valence-electron chi connectivity index (χ3n) is 5.45. The van der Waals surface area contributed by atoms with Crippen LogP contribution < -0.4 is 10.2 Å². The molecule has 7 nitrogen and oxygen atoms in total. The van der Waals surface area contributed by atoms with Crippen molar-refractivity contribution in [3.8, 4) is 6.07 Å². The average Bonchev–Trinajstić information content (AvgIpc) is 3.28. The van der Waals surface area contributed by atoms with Crippen molar-refractivity contribution in [2.45, 2.75) is 39.9 Å². The number of fused-ring (bicyclic) bond motifs is 1. The molecular weight excluding hydrogens is 459 g/mol. The maximum absolute atomic E-state index is 13.1. The zero-order chi connectivity index (χ0) is 25.8. The molecule has 2 aromatic carbocycles. The number of aromatic nitrogens is 2.